The third-order valence-electron chi connectivity index (χ3n) is 3.40. The summed E-state index contributed by atoms with van der Waals surface area (Å²) in [6.07, 6.45) is 1.22. The Labute approximate surface area is 99.7 Å². The van der Waals surface area contributed by atoms with Gasteiger partial charge in [-0.05, 0) is 44.5 Å². The van der Waals surface area contributed by atoms with Crippen molar-refractivity contribution in [1.29, 1.82) is 0 Å². The van der Waals surface area contributed by atoms with Crippen molar-refractivity contribution in [1.82, 2.24) is 10.3 Å². The van der Waals surface area contributed by atoms with Crippen LogP contribution in [0, 0.1) is 6.92 Å². The highest BCUT2D eigenvalue weighted by atomic mass is 32.1. The fourth-order valence-corrected chi connectivity index (χ4v) is 3.60. The van der Waals surface area contributed by atoms with Gasteiger partial charge in [0.05, 0.1) is 15.2 Å². The summed E-state index contributed by atoms with van der Waals surface area (Å²) >= 11 is 1.86. The van der Waals surface area contributed by atoms with Gasteiger partial charge >= 0.3 is 0 Å². The Balaban J connectivity index is 2.04. The van der Waals surface area contributed by atoms with Gasteiger partial charge in [-0.2, -0.15) is 0 Å². The van der Waals surface area contributed by atoms with Gasteiger partial charge in [0.25, 0.3) is 0 Å². The third-order valence-corrected chi connectivity index (χ3v) is 4.57. The standard InChI is InChI=1S/C13H16N2S/c1-8-3-4-12-11(7-8)15-13(16-12)10-5-6-14-9(10)2/h3-4,7,9-10,14H,5-6H2,1-2H3. The van der Waals surface area contributed by atoms with Crippen LogP contribution in [0.5, 0.6) is 0 Å². The molecule has 3 rings (SSSR count). The molecule has 0 aliphatic carbocycles. The zero-order valence-corrected chi connectivity index (χ0v) is 10.5. The number of aromatic nitrogens is 1. The average Bonchev–Trinajstić information content (AvgIpc) is 2.82. The van der Waals surface area contributed by atoms with Crippen LogP contribution in [0.4, 0.5) is 0 Å². The van der Waals surface area contributed by atoms with Crippen molar-refractivity contribution in [2.24, 2.45) is 0 Å². The molecule has 3 heteroatoms. The molecule has 0 spiro atoms. The zero-order chi connectivity index (χ0) is 11.1. The molecule has 1 aromatic heterocycles. The Kier molecular flexibility index (Phi) is 2.45. The molecule has 2 nitrogen and oxygen atoms in total. The van der Waals surface area contributed by atoms with Crippen molar-refractivity contribution in [3.8, 4) is 0 Å². The van der Waals surface area contributed by atoms with Gasteiger partial charge in [0.2, 0.25) is 0 Å². The number of thiazole rings is 1. The van der Waals surface area contributed by atoms with E-state index in [1.165, 1.54) is 27.2 Å². The van der Waals surface area contributed by atoms with Crippen molar-refractivity contribution in [3.05, 3.63) is 28.8 Å². The molecule has 1 aromatic carbocycles. The molecule has 84 valence electrons. The molecule has 1 aliphatic heterocycles. The first-order valence-corrected chi connectivity index (χ1v) is 6.66. The van der Waals surface area contributed by atoms with Crippen molar-refractivity contribution in [2.75, 3.05) is 6.54 Å². The van der Waals surface area contributed by atoms with Crippen LogP contribution in [0.25, 0.3) is 10.2 Å². The fraction of sp³-hybridized carbons (Fsp3) is 0.462. The highest BCUT2D eigenvalue weighted by molar-refractivity contribution is 7.18. The summed E-state index contributed by atoms with van der Waals surface area (Å²) in [6, 6.07) is 7.11. The minimum atomic E-state index is 0.571. The maximum atomic E-state index is 4.78. The van der Waals surface area contributed by atoms with Crippen LogP contribution in [-0.2, 0) is 0 Å². The number of hydrogen-bond donors (Lipinski definition) is 1. The Morgan fingerprint density at radius 1 is 1.44 bits per heavy atom. The number of aryl methyl sites for hydroxylation is 1. The van der Waals surface area contributed by atoms with E-state index < -0.39 is 0 Å². The van der Waals surface area contributed by atoms with E-state index in [-0.39, 0.29) is 0 Å². The Morgan fingerprint density at radius 2 is 2.31 bits per heavy atom. The van der Waals surface area contributed by atoms with Gasteiger partial charge in [-0.25, -0.2) is 4.98 Å². The molecule has 1 aliphatic rings. The van der Waals surface area contributed by atoms with E-state index >= 15 is 0 Å². The summed E-state index contributed by atoms with van der Waals surface area (Å²) < 4.78 is 1.32. The lowest BCUT2D eigenvalue weighted by molar-refractivity contribution is 0.593. The summed E-state index contributed by atoms with van der Waals surface area (Å²) in [7, 11) is 0. The van der Waals surface area contributed by atoms with E-state index in [1.807, 2.05) is 11.3 Å². The highest BCUT2D eigenvalue weighted by Gasteiger charge is 2.27. The molecule has 0 amide bonds. The van der Waals surface area contributed by atoms with Gasteiger partial charge in [0.1, 0.15) is 0 Å². The van der Waals surface area contributed by atoms with Gasteiger partial charge in [0, 0.05) is 12.0 Å². The lowest BCUT2D eigenvalue weighted by Crippen LogP contribution is -2.21. The summed E-state index contributed by atoms with van der Waals surface area (Å²) in [6.45, 7) is 5.51. The van der Waals surface area contributed by atoms with Crippen LogP contribution in [0.15, 0.2) is 18.2 Å². The molecule has 2 unspecified atom stereocenters. The van der Waals surface area contributed by atoms with E-state index in [0.717, 1.165) is 6.54 Å². The van der Waals surface area contributed by atoms with Crippen molar-refractivity contribution < 1.29 is 0 Å². The molecule has 0 saturated carbocycles. The van der Waals surface area contributed by atoms with Gasteiger partial charge in [-0.1, -0.05) is 6.07 Å². The topological polar surface area (TPSA) is 24.9 Å². The van der Waals surface area contributed by atoms with Crippen LogP contribution in [0.2, 0.25) is 0 Å². The Hall–Kier alpha value is -0.930. The third kappa shape index (κ3) is 1.64. The second kappa shape index (κ2) is 3.82. The minimum absolute atomic E-state index is 0.571. The fourth-order valence-electron chi connectivity index (χ4n) is 2.41. The molecule has 1 N–H and O–H groups in total. The molecule has 2 aromatic rings. The molecule has 1 fully saturated rings. The summed E-state index contributed by atoms with van der Waals surface area (Å²) in [5.74, 6) is 0.609. The predicted octanol–water partition coefficient (Wildman–Crippen LogP) is 3.07. The molecule has 0 radical (unpaired) electrons. The van der Waals surface area contributed by atoms with Gasteiger partial charge < -0.3 is 5.32 Å². The molecule has 1 saturated heterocycles. The van der Waals surface area contributed by atoms with E-state index in [1.54, 1.807) is 0 Å². The number of benzene rings is 1. The van der Waals surface area contributed by atoms with Crippen LogP contribution in [-0.4, -0.2) is 17.6 Å². The maximum Gasteiger partial charge on any atom is 0.0985 e. The number of rotatable bonds is 1. The second-order valence-electron chi connectivity index (χ2n) is 4.66. The predicted molar refractivity (Wildman–Crippen MR) is 69.2 cm³/mol. The summed E-state index contributed by atoms with van der Waals surface area (Å²) in [5.41, 5.74) is 2.46. The molecule has 0 bridgehead atoms. The van der Waals surface area contributed by atoms with Crippen LogP contribution < -0.4 is 5.32 Å². The van der Waals surface area contributed by atoms with Crippen molar-refractivity contribution in [2.45, 2.75) is 32.2 Å². The highest BCUT2D eigenvalue weighted by Crippen LogP contribution is 2.33. The molecular formula is C13H16N2S. The van der Waals surface area contributed by atoms with Crippen molar-refractivity contribution >= 4 is 21.6 Å². The minimum Gasteiger partial charge on any atom is -0.314 e. The molecule has 16 heavy (non-hydrogen) atoms. The summed E-state index contributed by atoms with van der Waals surface area (Å²) in [4.78, 5) is 4.78. The van der Waals surface area contributed by atoms with Gasteiger partial charge in [-0.3, -0.25) is 0 Å². The molecule has 2 atom stereocenters. The normalized spacial score (nSPS) is 25.4. The average molecular weight is 232 g/mol. The molecule has 2 heterocycles. The van der Waals surface area contributed by atoms with E-state index in [4.69, 9.17) is 4.98 Å². The quantitative estimate of drug-likeness (QED) is 0.817. The van der Waals surface area contributed by atoms with Crippen molar-refractivity contribution in [3.63, 3.8) is 0 Å². The van der Waals surface area contributed by atoms with Gasteiger partial charge in [0.15, 0.2) is 0 Å². The lowest BCUT2D eigenvalue weighted by Gasteiger charge is -2.10. The maximum absolute atomic E-state index is 4.78. The number of fused-ring (bicyclic) bond motifs is 1. The van der Waals surface area contributed by atoms with Crippen LogP contribution in [0.1, 0.15) is 29.8 Å². The Bertz CT molecular complexity index is 518. The first-order chi connectivity index (χ1) is 7.74. The zero-order valence-electron chi connectivity index (χ0n) is 9.66. The van der Waals surface area contributed by atoms with E-state index in [0.29, 0.717) is 12.0 Å². The SMILES string of the molecule is Cc1ccc2sc(C3CCNC3C)nc2c1. The number of nitrogens with zero attached hydrogens (tertiary/aromatic N) is 1. The number of hydrogen-bond acceptors (Lipinski definition) is 3. The lowest BCUT2D eigenvalue weighted by atomic mass is 10.0. The summed E-state index contributed by atoms with van der Waals surface area (Å²) in [5, 5.41) is 4.79. The first-order valence-electron chi connectivity index (χ1n) is 5.84. The first kappa shape index (κ1) is 10.2. The Morgan fingerprint density at radius 3 is 3.06 bits per heavy atom. The smallest absolute Gasteiger partial charge is 0.0985 e. The number of nitrogens with one attached hydrogen (secondary N) is 1. The van der Waals surface area contributed by atoms with Gasteiger partial charge in [-0.15, -0.1) is 11.3 Å². The second-order valence-corrected chi connectivity index (χ2v) is 5.72. The monoisotopic (exact) mass is 232 g/mol. The largest absolute Gasteiger partial charge is 0.314 e. The molecular weight excluding hydrogens is 216 g/mol. The van der Waals surface area contributed by atoms with Crippen LogP contribution >= 0.6 is 11.3 Å². The van der Waals surface area contributed by atoms with Crippen LogP contribution in [0.3, 0.4) is 0 Å². The van der Waals surface area contributed by atoms with E-state index in [9.17, 15) is 0 Å². The van der Waals surface area contributed by atoms with E-state index in [2.05, 4.69) is 37.4 Å².